The number of nitrogens with zero attached hydrogens (tertiary/aromatic N) is 2. The molecule has 2 aromatic rings. The molecule has 2 saturated heterocycles. The molecule has 3 amide bonds. The predicted molar refractivity (Wildman–Crippen MR) is 135 cm³/mol. The molecular formula is C27H36N4O2. The Hall–Kier alpha value is -3.02. The first-order valence-corrected chi connectivity index (χ1v) is 12.4. The van der Waals surface area contributed by atoms with Crippen LogP contribution in [0.5, 0.6) is 0 Å². The standard InChI is InChI=1S/C27H36N4O2/c1-3-21-8-7-9-22(18-21)28-27(33)29-23-10-11-25(30-16-12-20(2)13-17-30)24(19-23)26(32)31-14-5-4-6-15-31/h7-11,18-20H,3-6,12-17H2,1-2H3,(H2,28,29,33). The quantitative estimate of drug-likeness (QED) is 0.612. The van der Waals surface area contributed by atoms with E-state index in [1.54, 1.807) is 0 Å². The molecule has 33 heavy (non-hydrogen) atoms. The van der Waals surface area contributed by atoms with Crippen molar-refractivity contribution in [3.05, 3.63) is 53.6 Å². The van der Waals surface area contributed by atoms with Gasteiger partial charge in [-0.3, -0.25) is 4.79 Å². The van der Waals surface area contributed by atoms with Crippen LogP contribution in [0.1, 0.15) is 61.9 Å². The molecule has 4 rings (SSSR count). The summed E-state index contributed by atoms with van der Waals surface area (Å²) in [6.45, 7) is 7.91. The fourth-order valence-electron chi connectivity index (χ4n) is 4.74. The molecular weight excluding hydrogens is 412 g/mol. The summed E-state index contributed by atoms with van der Waals surface area (Å²) in [6.07, 6.45) is 6.48. The summed E-state index contributed by atoms with van der Waals surface area (Å²) in [4.78, 5) is 30.5. The molecule has 2 aromatic carbocycles. The van der Waals surface area contributed by atoms with Crippen molar-refractivity contribution in [2.75, 3.05) is 41.7 Å². The van der Waals surface area contributed by atoms with Crippen LogP contribution in [-0.4, -0.2) is 43.0 Å². The van der Waals surface area contributed by atoms with Gasteiger partial charge in [-0.05, 0) is 80.3 Å². The van der Waals surface area contributed by atoms with Crippen molar-refractivity contribution in [1.82, 2.24) is 4.90 Å². The number of carbonyl (C=O) groups is 2. The van der Waals surface area contributed by atoms with Crippen LogP contribution in [0.2, 0.25) is 0 Å². The molecule has 0 atom stereocenters. The number of benzene rings is 2. The van der Waals surface area contributed by atoms with Crippen LogP contribution in [0.25, 0.3) is 0 Å². The van der Waals surface area contributed by atoms with Crippen LogP contribution >= 0.6 is 0 Å². The summed E-state index contributed by atoms with van der Waals surface area (Å²) in [5, 5.41) is 5.83. The summed E-state index contributed by atoms with van der Waals surface area (Å²) in [6, 6.07) is 13.3. The number of piperidine rings is 2. The van der Waals surface area contributed by atoms with Gasteiger partial charge in [-0.1, -0.05) is 26.0 Å². The molecule has 2 aliphatic heterocycles. The Bertz CT molecular complexity index is 976. The van der Waals surface area contributed by atoms with Gasteiger partial charge in [0.25, 0.3) is 5.91 Å². The molecule has 0 aromatic heterocycles. The highest BCUT2D eigenvalue weighted by Gasteiger charge is 2.25. The van der Waals surface area contributed by atoms with Crippen LogP contribution in [-0.2, 0) is 6.42 Å². The van der Waals surface area contributed by atoms with Crippen molar-refractivity contribution in [2.45, 2.75) is 52.4 Å². The number of carbonyl (C=O) groups excluding carboxylic acids is 2. The maximum Gasteiger partial charge on any atom is 0.323 e. The van der Waals surface area contributed by atoms with Gasteiger partial charge in [0.15, 0.2) is 0 Å². The van der Waals surface area contributed by atoms with E-state index >= 15 is 0 Å². The van der Waals surface area contributed by atoms with Crippen LogP contribution in [0.15, 0.2) is 42.5 Å². The highest BCUT2D eigenvalue weighted by atomic mass is 16.2. The molecule has 2 fully saturated rings. The maximum absolute atomic E-state index is 13.5. The summed E-state index contributed by atoms with van der Waals surface area (Å²) in [5.74, 6) is 0.793. The van der Waals surface area contributed by atoms with E-state index in [1.807, 2.05) is 47.4 Å². The zero-order valence-electron chi connectivity index (χ0n) is 19.9. The maximum atomic E-state index is 13.5. The Kier molecular flexibility index (Phi) is 7.53. The van der Waals surface area contributed by atoms with Crippen LogP contribution < -0.4 is 15.5 Å². The number of aryl methyl sites for hydroxylation is 1. The number of hydrogen-bond acceptors (Lipinski definition) is 3. The zero-order valence-corrected chi connectivity index (χ0v) is 19.9. The molecule has 0 radical (unpaired) electrons. The lowest BCUT2D eigenvalue weighted by Gasteiger charge is -2.35. The number of nitrogens with one attached hydrogen (secondary N) is 2. The van der Waals surface area contributed by atoms with Gasteiger partial charge in [-0.15, -0.1) is 0 Å². The number of urea groups is 1. The zero-order chi connectivity index (χ0) is 23.2. The lowest BCUT2D eigenvalue weighted by Crippen LogP contribution is -2.38. The monoisotopic (exact) mass is 448 g/mol. The summed E-state index contributed by atoms with van der Waals surface area (Å²) < 4.78 is 0. The minimum absolute atomic E-state index is 0.0722. The summed E-state index contributed by atoms with van der Waals surface area (Å²) >= 11 is 0. The van der Waals surface area contributed by atoms with E-state index in [1.165, 1.54) is 12.0 Å². The normalized spacial score (nSPS) is 17.0. The third-order valence-electron chi connectivity index (χ3n) is 6.85. The predicted octanol–water partition coefficient (Wildman–Crippen LogP) is 5.76. The van der Waals surface area contributed by atoms with E-state index in [-0.39, 0.29) is 11.9 Å². The van der Waals surface area contributed by atoms with Gasteiger partial charge in [0.05, 0.1) is 5.56 Å². The highest BCUT2D eigenvalue weighted by Crippen LogP contribution is 2.30. The van der Waals surface area contributed by atoms with Gasteiger partial charge >= 0.3 is 6.03 Å². The molecule has 2 N–H and O–H groups in total. The molecule has 0 saturated carbocycles. The molecule has 0 bridgehead atoms. The molecule has 0 spiro atoms. The fourth-order valence-corrected chi connectivity index (χ4v) is 4.74. The molecule has 176 valence electrons. The van der Waals surface area contributed by atoms with E-state index in [0.29, 0.717) is 11.3 Å². The molecule has 0 aliphatic carbocycles. The first-order valence-electron chi connectivity index (χ1n) is 12.4. The third-order valence-corrected chi connectivity index (χ3v) is 6.85. The number of anilines is 3. The second-order valence-corrected chi connectivity index (χ2v) is 9.39. The van der Waals surface area contributed by atoms with Gasteiger partial charge in [-0.25, -0.2) is 4.79 Å². The van der Waals surface area contributed by atoms with E-state index in [0.717, 1.165) is 75.6 Å². The Balaban J connectivity index is 1.54. The van der Waals surface area contributed by atoms with E-state index in [4.69, 9.17) is 0 Å². The Morgan fingerprint density at radius 1 is 0.909 bits per heavy atom. The van der Waals surface area contributed by atoms with Gasteiger partial charge in [0.1, 0.15) is 0 Å². The van der Waals surface area contributed by atoms with E-state index in [9.17, 15) is 9.59 Å². The SMILES string of the molecule is CCc1cccc(NC(=O)Nc2ccc(N3CCC(C)CC3)c(C(=O)N3CCCCC3)c2)c1. The Morgan fingerprint density at radius 2 is 1.61 bits per heavy atom. The number of likely N-dealkylation sites (tertiary alicyclic amines) is 1. The molecule has 6 nitrogen and oxygen atoms in total. The number of hydrogen-bond donors (Lipinski definition) is 2. The average Bonchev–Trinajstić information content (AvgIpc) is 2.85. The average molecular weight is 449 g/mol. The van der Waals surface area contributed by atoms with Crippen molar-refractivity contribution in [1.29, 1.82) is 0 Å². The Labute approximate surface area is 197 Å². The second-order valence-electron chi connectivity index (χ2n) is 9.39. The molecule has 2 heterocycles. The summed E-state index contributed by atoms with van der Waals surface area (Å²) in [5.41, 5.74) is 4.24. The molecule has 0 unspecified atom stereocenters. The van der Waals surface area contributed by atoms with Gasteiger partial charge in [0.2, 0.25) is 0 Å². The van der Waals surface area contributed by atoms with Crippen molar-refractivity contribution in [3.8, 4) is 0 Å². The van der Waals surface area contributed by atoms with Crippen LogP contribution in [0, 0.1) is 5.92 Å². The smallest absolute Gasteiger partial charge is 0.323 e. The minimum Gasteiger partial charge on any atom is -0.371 e. The second kappa shape index (κ2) is 10.7. The van der Waals surface area contributed by atoms with Crippen molar-refractivity contribution in [2.24, 2.45) is 5.92 Å². The lowest BCUT2D eigenvalue weighted by atomic mass is 9.97. The van der Waals surface area contributed by atoms with Crippen LogP contribution in [0.3, 0.4) is 0 Å². The lowest BCUT2D eigenvalue weighted by molar-refractivity contribution is 0.0725. The van der Waals surface area contributed by atoms with Gasteiger partial charge in [-0.2, -0.15) is 0 Å². The Morgan fingerprint density at radius 3 is 2.30 bits per heavy atom. The van der Waals surface area contributed by atoms with Gasteiger partial charge in [0, 0.05) is 43.2 Å². The number of rotatable bonds is 5. The fraction of sp³-hybridized carbons (Fsp3) is 0.481. The topological polar surface area (TPSA) is 64.7 Å². The van der Waals surface area contributed by atoms with E-state index < -0.39 is 0 Å². The van der Waals surface area contributed by atoms with E-state index in [2.05, 4.69) is 29.4 Å². The summed E-state index contributed by atoms with van der Waals surface area (Å²) in [7, 11) is 0. The van der Waals surface area contributed by atoms with Crippen molar-refractivity contribution < 1.29 is 9.59 Å². The number of amides is 3. The first-order chi connectivity index (χ1) is 16.0. The minimum atomic E-state index is -0.306. The molecule has 2 aliphatic rings. The molecule has 6 heteroatoms. The third kappa shape index (κ3) is 5.86. The van der Waals surface area contributed by atoms with Crippen molar-refractivity contribution >= 4 is 29.0 Å². The first kappa shape index (κ1) is 23.1. The van der Waals surface area contributed by atoms with Crippen molar-refractivity contribution in [3.63, 3.8) is 0 Å². The van der Waals surface area contributed by atoms with Gasteiger partial charge < -0.3 is 20.4 Å². The van der Waals surface area contributed by atoms with Crippen LogP contribution in [0.4, 0.5) is 21.9 Å². The highest BCUT2D eigenvalue weighted by molar-refractivity contribution is 6.04. The largest absolute Gasteiger partial charge is 0.371 e.